The van der Waals surface area contributed by atoms with Gasteiger partial charge in [-0.3, -0.25) is 4.79 Å². The van der Waals surface area contributed by atoms with Crippen LogP contribution in [0.5, 0.6) is 0 Å². The maximum absolute atomic E-state index is 12.6. The number of fused-ring (bicyclic) bond motifs is 1. The molecule has 3 rings (SSSR count). The van der Waals surface area contributed by atoms with Crippen molar-refractivity contribution in [3.05, 3.63) is 34.9 Å². The Balaban J connectivity index is 1.71. The van der Waals surface area contributed by atoms with Gasteiger partial charge in [0.2, 0.25) is 5.91 Å². The zero-order chi connectivity index (χ0) is 14.8. The van der Waals surface area contributed by atoms with Gasteiger partial charge in [-0.25, -0.2) is 4.79 Å². The first-order valence-electron chi connectivity index (χ1n) is 7.52. The largest absolute Gasteiger partial charge is 0.478 e. The number of hydrogen-bond donors (Lipinski definition) is 2. The molecule has 5 heteroatoms. The Morgan fingerprint density at radius 2 is 1.95 bits per heavy atom. The summed E-state index contributed by atoms with van der Waals surface area (Å²) in [6.07, 6.45) is 4.30. The minimum Gasteiger partial charge on any atom is -0.478 e. The van der Waals surface area contributed by atoms with Crippen LogP contribution in [0.15, 0.2) is 18.2 Å². The second kappa shape index (κ2) is 5.85. The topological polar surface area (TPSA) is 69.6 Å². The number of hydrogen-bond acceptors (Lipinski definition) is 3. The van der Waals surface area contributed by atoms with E-state index in [1.54, 1.807) is 12.1 Å². The Morgan fingerprint density at radius 1 is 1.14 bits per heavy atom. The Hall–Kier alpha value is -1.88. The highest BCUT2D eigenvalue weighted by Gasteiger charge is 2.29. The fourth-order valence-corrected chi connectivity index (χ4v) is 3.14. The number of nitrogens with one attached hydrogen (secondary N) is 1. The number of amides is 1. The average molecular weight is 288 g/mol. The highest BCUT2D eigenvalue weighted by Crippen LogP contribution is 2.25. The lowest BCUT2D eigenvalue weighted by Gasteiger charge is -2.22. The SMILES string of the molecule is O=C(O)c1ccc2c(c1)CN(C(=O)C1CCCCCN1)C2. The zero-order valence-corrected chi connectivity index (χ0v) is 12.0. The lowest BCUT2D eigenvalue weighted by molar-refractivity contribution is -0.134. The van der Waals surface area contributed by atoms with Crippen LogP contribution >= 0.6 is 0 Å². The van der Waals surface area contributed by atoms with E-state index >= 15 is 0 Å². The van der Waals surface area contributed by atoms with Crippen LogP contribution in [-0.4, -0.2) is 34.5 Å². The van der Waals surface area contributed by atoms with Crippen molar-refractivity contribution in [2.75, 3.05) is 6.54 Å². The second-order valence-electron chi connectivity index (χ2n) is 5.84. The van der Waals surface area contributed by atoms with Crippen molar-refractivity contribution in [3.8, 4) is 0 Å². The molecular formula is C16H20N2O3. The third kappa shape index (κ3) is 2.93. The molecule has 1 atom stereocenters. The summed E-state index contributed by atoms with van der Waals surface area (Å²) >= 11 is 0. The van der Waals surface area contributed by atoms with Crippen LogP contribution in [0.2, 0.25) is 0 Å². The molecule has 112 valence electrons. The third-order valence-corrected chi connectivity index (χ3v) is 4.35. The molecule has 1 unspecified atom stereocenters. The predicted octanol–water partition coefficient (Wildman–Crippen LogP) is 1.76. The Kier molecular flexibility index (Phi) is 3.92. The van der Waals surface area contributed by atoms with E-state index < -0.39 is 5.97 Å². The van der Waals surface area contributed by atoms with Gasteiger partial charge in [-0.05, 0) is 42.6 Å². The minimum absolute atomic E-state index is 0.0826. The summed E-state index contributed by atoms with van der Waals surface area (Å²) in [6, 6.07) is 5.04. The molecule has 0 saturated carbocycles. The number of nitrogens with zero attached hydrogens (tertiary/aromatic N) is 1. The van der Waals surface area contributed by atoms with E-state index in [9.17, 15) is 9.59 Å². The van der Waals surface area contributed by atoms with Crippen LogP contribution in [0.3, 0.4) is 0 Å². The molecule has 0 spiro atoms. The first-order chi connectivity index (χ1) is 10.1. The van der Waals surface area contributed by atoms with Crippen molar-refractivity contribution >= 4 is 11.9 Å². The molecule has 0 bridgehead atoms. The van der Waals surface area contributed by atoms with Crippen LogP contribution < -0.4 is 5.32 Å². The number of rotatable bonds is 2. The van der Waals surface area contributed by atoms with Gasteiger partial charge in [0, 0.05) is 13.1 Å². The summed E-state index contributed by atoms with van der Waals surface area (Å²) < 4.78 is 0. The molecule has 5 nitrogen and oxygen atoms in total. The van der Waals surface area contributed by atoms with Crippen LogP contribution in [-0.2, 0) is 17.9 Å². The van der Waals surface area contributed by atoms with Crippen LogP contribution in [0.1, 0.15) is 47.2 Å². The van der Waals surface area contributed by atoms with E-state index in [-0.39, 0.29) is 17.5 Å². The summed E-state index contributed by atoms with van der Waals surface area (Å²) in [7, 11) is 0. The first kappa shape index (κ1) is 14.1. The van der Waals surface area contributed by atoms with Crippen molar-refractivity contribution in [1.29, 1.82) is 0 Å². The standard InChI is InChI=1S/C16H20N2O3/c19-15(14-4-2-1-3-7-17-14)18-9-12-6-5-11(16(20)21)8-13(12)10-18/h5-6,8,14,17H,1-4,7,9-10H2,(H,20,21). The molecule has 1 aromatic carbocycles. The summed E-state index contributed by atoms with van der Waals surface area (Å²) in [5, 5.41) is 12.4. The summed E-state index contributed by atoms with van der Waals surface area (Å²) in [5.74, 6) is -0.780. The Bertz CT molecular complexity index is 563. The van der Waals surface area contributed by atoms with Gasteiger partial charge in [0.15, 0.2) is 0 Å². The fourth-order valence-electron chi connectivity index (χ4n) is 3.14. The average Bonchev–Trinajstić information content (AvgIpc) is 2.71. The Labute approximate surface area is 123 Å². The maximum atomic E-state index is 12.6. The van der Waals surface area contributed by atoms with Gasteiger partial charge in [-0.1, -0.05) is 18.9 Å². The molecule has 2 N–H and O–H groups in total. The van der Waals surface area contributed by atoms with E-state index in [0.717, 1.165) is 36.9 Å². The lowest BCUT2D eigenvalue weighted by atomic mass is 10.1. The van der Waals surface area contributed by atoms with Crippen LogP contribution in [0.25, 0.3) is 0 Å². The fraction of sp³-hybridized carbons (Fsp3) is 0.500. The normalized spacial score (nSPS) is 21.7. The molecule has 1 fully saturated rings. The van der Waals surface area contributed by atoms with E-state index in [4.69, 9.17) is 5.11 Å². The number of carboxylic acids is 1. The first-order valence-corrected chi connectivity index (χ1v) is 7.52. The number of carboxylic acid groups (broad SMARTS) is 1. The smallest absolute Gasteiger partial charge is 0.335 e. The van der Waals surface area contributed by atoms with Crippen molar-refractivity contribution < 1.29 is 14.7 Å². The van der Waals surface area contributed by atoms with Gasteiger partial charge in [-0.15, -0.1) is 0 Å². The summed E-state index contributed by atoms with van der Waals surface area (Å²) in [4.78, 5) is 25.4. The van der Waals surface area contributed by atoms with Crippen molar-refractivity contribution in [1.82, 2.24) is 10.2 Å². The number of carbonyl (C=O) groups excluding carboxylic acids is 1. The van der Waals surface area contributed by atoms with Gasteiger partial charge in [0.05, 0.1) is 11.6 Å². The van der Waals surface area contributed by atoms with Gasteiger partial charge in [0.25, 0.3) is 0 Å². The van der Waals surface area contributed by atoms with Gasteiger partial charge in [0.1, 0.15) is 0 Å². The van der Waals surface area contributed by atoms with Gasteiger partial charge in [-0.2, -0.15) is 0 Å². The van der Waals surface area contributed by atoms with Gasteiger partial charge < -0.3 is 15.3 Å². The third-order valence-electron chi connectivity index (χ3n) is 4.35. The van der Waals surface area contributed by atoms with E-state index in [1.165, 1.54) is 6.42 Å². The van der Waals surface area contributed by atoms with E-state index in [1.807, 2.05) is 11.0 Å². The summed E-state index contributed by atoms with van der Waals surface area (Å²) in [5.41, 5.74) is 2.30. The van der Waals surface area contributed by atoms with Gasteiger partial charge >= 0.3 is 5.97 Å². The lowest BCUT2D eigenvalue weighted by Crippen LogP contribution is -2.44. The molecule has 0 aromatic heterocycles. The highest BCUT2D eigenvalue weighted by molar-refractivity contribution is 5.88. The summed E-state index contributed by atoms with van der Waals surface area (Å²) in [6.45, 7) is 2.01. The highest BCUT2D eigenvalue weighted by atomic mass is 16.4. The molecule has 1 amide bonds. The molecule has 21 heavy (non-hydrogen) atoms. The number of aromatic carboxylic acids is 1. The van der Waals surface area contributed by atoms with Crippen LogP contribution in [0.4, 0.5) is 0 Å². The minimum atomic E-state index is -0.923. The van der Waals surface area contributed by atoms with Crippen LogP contribution in [0, 0.1) is 0 Å². The van der Waals surface area contributed by atoms with Crippen molar-refractivity contribution in [3.63, 3.8) is 0 Å². The predicted molar refractivity (Wildman–Crippen MR) is 77.9 cm³/mol. The Morgan fingerprint density at radius 3 is 2.76 bits per heavy atom. The van der Waals surface area contributed by atoms with Crippen molar-refractivity contribution in [2.45, 2.75) is 44.8 Å². The van der Waals surface area contributed by atoms with Crippen molar-refractivity contribution in [2.24, 2.45) is 0 Å². The molecule has 0 aliphatic carbocycles. The molecule has 0 radical (unpaired) electrons. The second-order valence-corrected chi connectivity index (χ2v) is 5.84. The number of benzene rings is 1. The monoisotopic (exact) mass is 288 g/mol. The molecule has 2 aliphatic heterocycles. The zero-order valence-electron chi connectivity index (χ0n) is 12.0. The quantitative estimate of drug-likeness (QED) is 0.870. The molecule has 2 aliphatic rings. The molecule has 1 saturated heterocycles. The molecular weight excluding hydrogens is 268 g/mol. The molecule has 2 heterocycles. The van der Waals surface area contributed by atoms with E-state index in [0.29, 0.717) is 13.1 Å². The molecule has 1 aromatic rings. The maximum Gasteiger partial charge on any atom is 0.335 e. The number of carbonyl (C=O) groups is 2. The van der Waals surface area contributed by atoms with E-state index in [2.05, 4.69) is 5.32 Å².